The van der Waals surface area contributed by atoms with Crippen LogP contribution in [0.1, 0.15) is 6.92 Å². The number of nitrogen functional groups attached to an aromatic ring is 1. The van der Waals surface area contributed by atoms with Crippen LogP contribution in [-0.2, 0) is 10.0 Å². The predicted octanol–water partition coefficient (Wildman–Crippen LogP) is 0.513. The Labute approximate surface area is 124 Å². The van der Waals surface area contributed by atoms with Crippen LogP contribution in [0.5, 0.6) is 0 Å². The van der Waals surface area contributed by atoms with Crippen LogP contribution in [0.25, 0.3) is 0 Å². The summed E-state index contributed by atoms with van der Waals surface area (Å²) in [5, 5.41) is 10.4. The van der Waals surface area contributed by atoms with E-state index in [0.717, 1.165) is 0 Å². The summed E-state index contributed by atoms with van der Waals surface area (Å²) in [5.41, 5.74) is 4.54. The van der Waals surface area contributed by atoms with Crippen LogP contribution < -0.4 is 10.5 Å². The van der Waals surface area contributed by atoms with Crippen LogP contribution in [-0.4, -0.2) is 51.2 Å². The molecule has 114 valence electrons. The molecule has 0 fully saturated rings. The molecule has 20 heavy (non-hydrogen) atoms. The Morgan fingerprint density at radius 3 is 2.55 bits per heavy atom. The zero-order chi connectivity index (χ0) is 15.6. The molecule has 1 atom stereocenters. The van der Waals surface area contributed by atoms with E-state index >= 15 is 0 Å². The average Bonchev–Trinajstić information content (AvgIpc) is 2.24. The van der Waals surface area contributed by atoms with Crippen LogP contribution in [0.3, 0.4) is 0 Å². The molecule has 8 heteroatoms. The fraction of sp³-hybridized carbons (Fsp3) is 0.500. The van der Waals surface area contributed by atoms with E-state index in [1.165, 1.54) is 18.2 Å². The molecule has 0 saturated heterocycles. The first-order valence-corrected chi connectivity index (χ1v) is 7.81. The number of halogens is 1. The summed E-state index contributed by atoms with van der Waals surface area (Å²) in [6.45, 7) is 1.77. The van der Waals surface area contributed by atoms with E-state index in [2.05, 4.69) is 4.72 Å². The van der Waals surface area contributed by atoms with E-state index in [-0.39, 0.29) is 17.1 Å². The van der Waals surface area contributed by atoms with E-state index in [0.29, 0.717) is 11.6 Å². The SMILES string of the molecule is CN(C)CC(C)(O)CNS(=O)(=O)c1ccc(Cl)cc1N. The van der Waals surface area contributed by atoms with E-state index < -0.39 is 15.6 Å². The van der Waals surface area contributed by atoms with Gasteiger partial charge in [0.05, 0.1) is 11.3 Å². The van der Waals surface area contributed by atoms with E-state index in [1.54, 1.807) is 25.9 Å². The number of hydrogen-bond acceptors (Lipinski definition) is 5. The van der Waals surface area contributed by atoms with Gasteiger partial charge in [0, 0.05) is 18.1 Å². The average molecular weight is 322 g/mol. The molecule has 0 radical (unpaired) electrons. The van der Waals surface area contributed by atoms with Crippen molar-refractivity contribution in [1.29, 1.82) is 0 Å². The summed E-state index contributed by atoms with van der Waals surface area (Å²) >= 11 is 5.73. The van der Waals surface area contributed by atoms with Crippen LogP contribution >= 0.6 is 11.6 Å². The van der Waals surface area contributed by atoms with Crippen molar-refractivity contribution in [2.75, 3.05) is 32.9 Å². The van der Waals surface area contributed by atoms with Crippen molar-refractivity contribution in [2.24, 2.45) is 0 Å². The van der Waals surface area contributed by atoms with E-state index in [4.69, 9.17) is 17.3 Å². The van der Waals surface area contributed by atoms with Crippen molar-refractivity contribution < 1.29 is 13.5 Å². The number of hydrogen-bond donors (Lipinski definition) is 3. The highest BCUT2D eigenvalue weighted by Gasteiger charge is 2.25. The normalized spacial score (nSPS) is 15.3. The van der Waals surface area contributed by atoms with Crippen molar-refractivity contribution in [3.05, 3.63) is 23.2 Å². The maximum atomic E-state index is 12.1. The highest BCUT2D eigenvalue weighted by Crippen LogP contribution is 2.22. The Balaban J connectivity index is 2.85. The van der Waals surface area contributed by atoms with Gasteiger partial charge in [-0.1, -0.05) is 11.6 Å². The molecule has 0 spiro atoms. The van der Waals surface area contributed by atoms with Crippen LogP contribution in [0, 0.1) is 0 Å². The molecule has 0 aliphatic carbocycles. The van der Waals surface area contributed by atoms with Gasteiger partial charge >= 0.3 is 0 Å². The molecular weight excluding hydrogens is 302 g/mol. The van der Waals surface area contributed by atoms with Crippen molar-refractivity contribution in [1.82, 2.24) is 9.62 Å². The zero-order valence-electron chi connectivity index (χ0n) is 11.7. The molecule has 0 aliphatic rings. The van der Waals surface area contributed by atoms with E-state index in [1.807, 2.05) is 0 Å². The fourth-order valence-electron chi connectivity index (χ4n) is 1.83. The monoisotopic (exact) mass is 321 g/mol. The molecule has 1 rings (SSSR count). The van der Waals surface area contributed by atoms with Crippen molar-refractivity contribution in [2.45, 2.75) is 17.4 Å². The number of aliphatic hydroxyl groups is 1. The van der Waals surface area contributed by atoms with Gasteiger partial charge in [-0.25, -0.2) is 13.1 Å². The number of nitrogens with two attached hydrogens (primary N) is 1. The fourth-order valence-corrected chi connectivity index (χ4v) is 3.28. The Morgan fingerprint density at radius 2 is 2.05 bits per heavy atom. The standard InChI is InChI=1S/C12H20ClN3O3S/c1-12(17,8-16(2)3)7-15-20(18,19)11-5-4-9(13)6-10(11)14/h4-6,15,17H,7-8,14H2,1-3H3. The Kier molecular flexibility index (Phi) is 5.39. The summed E-state index contributed by atoms with van der Waals surface area (Å²) < 4.78 is 26.6. The van der Waals surface area contributed by atoms with Gasteiger partial charge in [-0.05, 0) is 39.2 Å². The molecule has 0 amide bonds. The third-order valence-electron chi connectivity index (χ3n) is 2.56. The van der Waals surface area contributed by atoms with Gasteiger partial charge in [0.15, 0.2) is 0 Å². The third kappa shape index (κ3) is 4.92. The molecule has 0 bridgehead atoms. The summed E-state index contributed by atoms with van der Waals surface area (Å²) in [4.78, 5) is 1.72. The predicted molar refractivity (Wildman–Crippen MR) is 80.2 cm³/mol. The van der Waals surface area contributed by atoms with Crippen molar-refractivity contribution >= 4 is 27.3 Å². The summed E-state index contributed by atoms with van der Waals surface area (Å²) in [6.07, 6.45) is 0. The van der Waals surface area contributed by atoms with E-state index in [9.17, 15) is 13.5 Å². The molecule has 6 nitrogen and oxygen atoms in total. The van der Waals surface area contributed by atoms with Gasteiger partial charge in [0.25, 0.3) is 0 Å². The smallest absolute Gasteiger partial charge is 0.242 e. The Bertz CT molecular complexity index is 573. The van der Waals surface area contributed by atoms with Gasteiger partial charge in [0.1, 0.15) is 4.90 Å². The maximum absolute atomic E-state index is 12.1. The minimum absolute atomic E-state index is 0.0532. The second kappa shape index (κ2) is 6.28. The zero-order valence-corrected chi connectivity index (χ0v) is 13.3. The molecule has 0 aromatic heterocycles. The first-order chi connectivity index (χ1) is 9.03. The summed E-state index contributed by atoms with van der Waals surface area (Å²) in [6, 6.07) is 4.15. The minimum Gasteiger partial charge on any atom is -0.398 e. The summed E-state index contributed by atoms with van der Waals surface area (Å²) in [7, 11) is -0.205. The number of nitrogens with zero attached hydrogens (tertiary/aromatic N) is 1. The van der Waals surface area contributed by atoms with Gasteiger partial charge in [-0.3, -0.25) is 0 Å². The van der Waals surface area contributed by atoms with Gasteiger partial charge in [-0.15, -0.1) is 0 Å². The first kappa shape index (κ1) is 17.2. The van der Waals surface area contributed by atoms with Gasteiger partial charge in [0.2, 0.25) is 10.0 Å². The highest BCUT2D eigenvalue weighted by atomic mass is 35.5. The van der Waals surface area contributed by atoms with Crippen molar-refractivity contribution in [3.63, 3.8) is 0 Å². The lowest BCUT2D eigenvalue weighted by molar-refractivity contribution is 0.0386. The second-order valence-corrected chi connectivity index (χ2v) is 7.41. The second-order valence-electron chi connectivity index (χ2n) is 5.24. The van der Waals surface area contributed by atoms with Gasteiger partial charge < -0.3 is 15.7 Å². The highest BCUT2D eigenvalue weighted by molar-refractivity contribution is 7.89. The third-order valence-corrected chi connectivity index (χ3v) is 4.27. The lowest BCUT2D eigenvalue weighted by Gasteiger charge is -2.27. The molecular formula is C12H20ClN3O3S. The maximum Gasteiger partial charge on any atom is 0.242 e. The molecule has 1 aromatic carbocycles. The number of likely N-dealkylation sites (N-methyl/N-ethyl adjacent to an activating group) is 1. The topological polar surface area (TPSA) is 95.7 Å². The Morgan fingerprint density at radius 1 is 1.45 bits per heavy atom. The molecule has 0 heterocycles. The summed E-state index contributed by atoms with van der Waals surface area (Å²) in [5.74, 6) is 0. The first-order valence-electron chi connectivity index (χ1n) is 5.95. The quantitative estimate of drug-likeness (QED) is 0.664. The van der Waals surface area contributed by atoms with Crippen LogP contribution in [0.15, 0.2) is 23.1 Å². The molecule has 1 aromatic rings. The van der Waals surface area contributed by atoms with Gasteiger partial charge in [-0.2, -0.15) is 0 Å². The number of nitrogens with one attached hydrogen (secondary N) is 1. The minimum atomic E-state index is -3.79. The number of anilines is 1. The molecule has 0 saturated carbocycles. The number of benzene rings is 1. The van der Waals surface area contributed by atoms with Crippen molar-refractivity contribution in [3.8, 4) is 0 Å². The molecule has 1 unspecified atom stereocenters. The van der Waals surface area contributed by atoms with Crippen LogP contribution in [0.4, 0.5) is 5.69 Å². The molecule has 0 aliphatic heterocycles. The van der Waals surface area contributed by atoms with Crippen LogP contribution in [0.2, 0.25) is 5.02 Å². The largest absolute Gasteiger partial charge is 0.398 e. The Hall–Kier alpha value is -0.860. The molecule has 4 N–H and O–H groups in total. The lowest BCUT2D eigenvalue weighted by atomic mass is 10.1. The number of rotatable bonds is 6. The number of sulfonamides is 1. The lowest BCUT2D eigenvalue weighted by Crippen LogP contribution is -2.47.